The Kier molecular flexibility index (Phi) is 24.1. The van der Waals surface area contributed by atoms with Crippen LogP contribution in [0.4, 0.5) is 4.79 Å². The fourth-order valence-corrected chi connectivity index (χ4v) is 9.08. The number of likely N-dealkylation sites (N-methyl/N-ethyl adjacent to an activating group) is 1. The van der Waals surface area contributed by atoms with Crippen LogP contribution in [0, 0.1) is 6.92 Å². The van der Waals surface area contributed by atoms with Gasteiger partial charge < -0.3 is 56.8 Å². The molecule has 0 spiro atoms. The van der Waals surface area contributed by atoms with Gasteiger partial charge in [-0.25, -0.2) is 4.79 Å². The van der Waals surface area contributed by atoms with E-state index in [1.165, 1.54) is 31.3 Å². The highest BCUT2D eigenvalue weighted by Gasteiger charge is 2.35. The zero-order valence-corrected chi connectivity index (χ0v) is 46.2. The van der Waals surface area contributed by atoms with Crippen LogP contribution >= 0.6 is 0 Å². The maximum atomic E-state index is 14.6. The first-order chi connectivity index (χ1) is 39.0. The van der Waals surface area contributed by atoms with Crippen molar-refractivity contribution in [2.24, 2.45) is 5.73 Å². The third-order valence-corrected chi connectivity index (χ3v) is 13.4. The zero-order chi connectivity index (χ0) is 59.9. The number of carboxylic acids is 1. The molecule has 0 aliphatic carbocycles. The van der Waals surface area contributed by atoms with Gasteiger partial charge in [-0.15, -0.1) is 0 Å². The summed E-state index contributed by atoms with van der Waals surface area (Å²) in [6.45, 7) is 2.87. The van der Waals surface area contributed by atoms with Crippen molar-refractivity contribution in [3.8, 4) is 5.75 Å². The van der Waals surface area contributed by atoms with Gasteiger partial charge in [0.15, 0.2) is 0 Å². The number of nitrogens with one attached hydrogen (secondary N) is 8. The predicted octanol–water partition coefficient (Wildman–Crippen LogP) is 2.03. The molecule has 0 aliphatic rings. The van der Waals surface area contributed by atoms with E-state index in [0.717, 1.165) is 4.90 Å². The quantitative estimate of drug-likeness (QED) is 0.0223. The molecule has 26 heteroatoms. The van der Waals surface area contributed by atoms with Crippen molar-refractivity contribution in [2.45, 2.75) is 108 Å². The molecule has 0 aliphatic heterocycles. The van der Waals surface area contributed by atoms with Crippen LogP contribution in [-0.2, 0) is 68.0 Å². The first-order valence-corrected chi connectivity index (χ1v) is 27.6. The van der Waals surface area contributed by atoms with Gasteiger partial charge in [-0.05, 0) is 79.1 Å². The van der Waals surface area contributed by atoms with Crippen molar-refractivity contribution in [1.82, 2.24) is 47.1 Å². The number of H-pyrrole nitrogens is 1. The smallest absolute Gasteiger partial charge is 0.446 e. The highest BCUT2D eigenvalue weighted by atomic mass is 32.3. The molecule has 5 aromatic rings. The van der Waals surface area contributed by atoms with Gasteiger partial charge in [-0.1, -0.05) is 98.6 Å². The molecule has 438 valence electrons. The molecule has 1 aromatic heterocycles. The van der Waals surface area contributed by atoms with Crippen LogP contribution in [0.5, 0.6) is 5.75 Å². The van der Waals surface area contributed by atoms with Crippen LogP contribution in [0.3, 0.4) is 0 Å². The minimum absolute atomic E-state index is 0.0183. The lowest BCUT2D eigenvalue weighted by Crippen LogP contribution is -2.59. The molecule has 1 heterocycles. The number of hydrogen-bond acceptors (Lipinski definition) is 13. The van der Waals surface area contributed by atoms with E-state index in [-0.39, 0.29) is 62.8 Å². The van der Waals surface area contributed by atoms with Crippen molar-refractivity contribution in [2.75, 3.05) is 20.1 Å². The van der Waals surface area contributed by atoms with Crippen LogP contribution in [0.15, 0.2) is 109 Å². The summed E-state index contributed by atoms with van der Waals surface area (Å²) in [5.41, 5.74) is 8.95. The number of rotatable bonds is 31. The zero-order valence-electron chi connectivity index (χ0n) is 45.4. The van der Waals surface area contributed by atoms with Crippen molar-refractivity contribution >= 4 is 80.6 Å². The lowest BCUT2D eigenvalue weighted by Gasteiger charge is -2.30. The van der Waals surface area contributed by atoms with Crippen LogP contribution in [-0.4, -0.2) is 138 Å². The third kappa shape index (κ3) is 20.5. The molecule has 4 aromatic carbocycles. The van der Waals surface area contributed by atoms with E-state index in [1.807, 2.05) is 6.92 Å². The molecule has 0 bridgehead atoms. The first-order valence-electron chi connectivity index (χ1n) is 26.3. The number of unbranched alkanes of at least 4 members (excludes halogenated alkanes) is 2. The fraction of sp³-hybridized carbons (Fsp3) is 0.357. The molecule has 0 saturated heterocycles. The van der Waals surface area contributed by atoms with Gasteiger partial charge in [0, 0.05) is 49.1 Å². The van der Waals surface area contributed by atoms with Crippen molar-refractivity contribution in [3.63, 3.8) is 0 Å². The second-order valence-corrected chi connectivity index (χ2v) is 20.3. The molecular formula is C56H68N10O15S. The maximum Gasteiger partial charge on any atom is 0.446 e. The minimum Gasteiger partial charge on any atom is -0.481 e. The van der Waals surface area contributed by atoms with Gasteiger partial charge >= 0.3 is 22.4 Å². The Balaban J connectivity index is 1.35. The Morgan fingerprint density at radius 3 is 1.98 bits per heavy atom. The lowest BCUT2D eigenvalue weighted by atomic mass is 10.0. The summed E-state index contributed by atoms with van der Waals surface area (Å²) in [6.07, 6.45) is 1.61. The molecule has 5 atom stereocenters. The van der Waals surface area contributed by atoms with Crippen molar-refractivity contribution in [1.29, 1.82) is 0 Å². The Hall–Kier alpha value is -9.17. The van der Waals surface area contributed by atoms with E-state index in [0.29, 0.717) is 46.0 Å². The number of aromatic nitrogens is 1. The van der Waals surface area contributed by atoms with Crippen molar-refractivity contribution < 1.29 is 70.2 Å². The topological polar surface area (TPSA) is 384 Å². The number of amides is 10. The summed E-state index contributed by atoms with van der Waals surface area (Å²) < 4.78 is 35.5. The minimum atomic E-state index is -4.78. The number of primary amides is 1. The van der Waals surface area contributed by atoms with Gasteiger partial charge in [0.2, 0.25) is 41.4 Å². The Bertz CT molecular complexity index is 3190. The van der Waals surface area contributed by atoms with Gasteiger partial charge in [0.1, 0.15) is 36.0 Å². The predicted molar refractivity (Wildman–Crippen MR) is 299 cm³/mol. The average molecular weight is 1150 g/mol. The number of carboxylic acid groups (broad SMARTS) is 1. The van der Waals surface area contributed by atoms with E-state index in [2.05, 4.69) is 46.4 Å². The van der Waals surface area contributed by atoms with Gasteiger partial charge in [-0.2, -0.15) is 8.42 Å². The van der Waals surface area contributed by atoms with E-state index in [4.69, 9.17) is 10.3 Å². The number of aromatic amines is 1. The molecule has 10 amide bonds. The number of nitrogens with zero attached hydrogens (tertiary/aromatic N) is 1. The number of para-hydroxylation sites is 1. The molecule has 25 nitrogen and oxygen atoms in total. The second kappa shape index (κ2) is 31.0. The first kappa shape index (κ1) is 63.7. The van der Waals surface area contributed by atoms with E-state index in [9.17, 15) is 61.5 Å². The van der Waals surface area contributed by atoms with Crippen LogP contribution in [0.1, 0.15) is 84.5 Å². The lowest BCUT2D eigenvalue weighted by molar-refractivity contribution is -0.146. The molecule has 12 N–H and O–H groups in total. The van der Waals surface area contributed by atoms with Crippen LogP contribution < -0.4 is 47.1 Å². The third-order valence-electron chi connectivity index (χ3n) is 13.0. The number of fused-ring (bicyclic) bond motifs is 1. The van der Waals surface area contributed by atoms with Crippen molar-refractivity contribution in [3.05, 3.63) is 137 Å². The molecule has 5 unspecified atom stereocenters. The van der Waals surface area contributed by atoms with E-state index >= 15 is 0 Å². The summed E-state index contributed by atoms with van der Waals surface area (Å²) >= 11 is 0. The number of aryl methyl sites for hydroxylation is 1. The maximum absolute atomic E-state index is 14.6. The largest absolute Gasteiger partial charge is 0.481 e. The van der Waals surface area contributed by atoms with Gasteiger partial charge in [0.25, 0.3) is 5.91 Å². The highest BCUT2D eigenvalue weighted by Crippen LogP contribution is 2.20. The molecule has 0 radical (unpaired) electrons. The number of carbonyl (C=O) groups excluding carboxylic acids is 9. The molecule has 0 fully saturated rings. The van der Waals surface area contributed by atoms with Crippen LogP contribution in [0.2, 0.25) is 0 Å². The number of urea groups is 1. The summed E-state index contributed by atoms with van der Waals surface area (Å²) in [4.78, 5) is 138. The summed E-state index contributed by atoms with van der Waals surface area (Å²) in [5, 5.41) is 28.3. The molecular weight excluding hydrogens is 1080 g/mol. The van der Waals surface area contributed by atoms with E-state index < -0.39 is 113 Å². The van der Waals surface area contributed by atoms with Crippen LogP contribution in [0.25, 0.3) is 10.9 Å². The number of aliphatic carboxylic acids is 1. The molecule has 5 rings (SSSR count). The second-order valence-electron chi connectivity index (χ2n) is 19.3. The van der Waals surface area contributed by atoms with Gasteiger partial charge in [-0.3, -0.25) is 53.0 Å². The highest BCUT2D eigenvalue weighted by molar-refractivity contribution is 7.81. The number of imide groups is 1. The monoisotopic (exact) mass is 1150 g/mol. The Morgan fingerprint density at radius 1 is 0.683 bits per heavy atom. The number of carbonyl (C=O) groups is 10. The molecule has 0 saturated carbocycles. The number of benzene rings is 4. The average Bonchev–Trinajstić information content (AvgIpc) is 4.10. The number of nitrogens with two attached hydrogens (primary N) is 1. The summed E-state index contributed by atoms with van der Waals surface area (Å²) in [6, 6.07) is 19.6. The fourth-order valence-electron chi connectivity index (χ4n) is 8.73. The summed E-state index contributed by atoms with van der Waals surface area (Å²) in [5.74, 6) is -8.35. The SMILES string of the molecule is CCCCC(NC(=O)Cc1ccc(OS(=O)(=O)O)cc1)C(=O)NCC(=O)NC(Cc1c[nH]c2ccccc12)C(=O)NC(CCCCNC(=O)NC(=O)c1ccccc1C)C(=O)NC(CC(=O)O)C(=O)N(C)C(Cc1ccccc1)C(N)=O. The van der Waals surface area contributed by atoms with E-state index in [1.54, 1.807) is 92.0 Å². The summed E-state index contributed by atoms with van der Waals surface area (Å²) in [7, 11) is -3.54. The number of hydrogen-bond donors (Lipinski definition) is 11. The van der Waals surface area contributed by atoms with Gasteiger partial charge in [0.05, 0.1) is 19.4 Å². The standard InChI is InChI=1S/C56H68N10O15S/c1-4-5-20-42(61-47(67)29-36-23-25-38(26-24-36)81-82(78,79)80)52(73)60-33-48(68)62-44(30-37-32-59-41-21-12-11-19-40(37)41)54(75)63-43(22-13-14-27-58-56(77)65-51(72)39-18-10-9-15-34(39)2)53(74)64-45(31-49(69)70)55(76)66(3)46(50(57)71)28-35-16-7-6-8-17-35/h6-12,15-19,21,23-26,32,42-46,59H,4-5,13-14,20,22,27-31,33H2,1-3H3,(H2,57,71)(H,60,73)(H,61,67)(H,62,68)(H,63,75)(H,64,74)(H,69,70)(H,78,79,80)(H2,58,65,72,77). The molecule has 82 heavy (non-hydrogen) atoms. The Labute approximate surface area is 473 Å². The normalized spacial score (nSPS) is 12.9. The Morgan fingerprint density at radius 2 is 1.30 bits per heavy atom.